The number of rotatable bonds is 5. The molecule has 0 aromatic carbocycles. The first kappa shape index (κ1) is 8.36. The molecule has 0 aliphatic rings. The molecule has 0 fully saturated rings. The van der Waals surface area contributed by atoms with Gasteiger partial charge in [-0.05, 0) is 0 Å². The summed E-state index contributed by atoms with van der Waals surface area (Å²) >= 11 is 0. The second-order valence-electron chi connectivity index (χ2n) is 2.31. The normalized spacial score (nSPS) is 25.2. The van der Waals surface area contributed by atoms with E-state index in [1.165, 1.54) is 0 Å². The highest BCUT2D eigenvalue weighted by Crippen LogP contribution is 2.03. The second kappa shape index (κ2) is 5.41. The van der Waals surface area contributed by atoms with Gasteiger partial charge in [0.2, 0.25) is 0 Å². The maximum Gasteiger partial charge on any atom is 0.111 e. The highest BCUT2D eigenvalue weighted by atomic mass is 16.4. The Morgan fingerprint density at radius 2 is 1.33 bits per heavy atom. The third-order valence-electron chi connectivity index (χ3n) is 1.39. The molecular formula is C6H14O6. The van der Waals surface area contributed by atoms with Gasteiger partial charge in [0, 0.05) is 0 Å². The SMILES string of the molecule is [2H]C([2H])(O)[C@H](O)[C@@H](O)[C@@H](O)[C@H](O)CO. The Morgan fingerprint density at radius 1 is 0.917 bits per heavy atom. The van der Waals surface area contributed by atoms with Gasteiger partial charge in [-0.1, -0.05) is 0 Å². The van der Waals surface area contributed by atoms with E-state index in [9.17, 15) is 0 Å². The molecule has 0 radical (unpaired) electrons. The van der Waals surface area contributed by atoms with Crippen molar-refractivity contribution in [3.05, 3.63) is 0 Å². The average molecular weight is 184 g/mol. The molecule has 6 nitrogen and oxygen atoms in total. The molecular weight excluding hydrogens is 168 g/mol. The Balaban J connectivity index is 4.38. The molecule has 6 heteroatoms. The largest absolute Gasteiger partial charge is 0.394 e. The van der Waals surface area contributed by atoms with Gasteiger partial charge >= 0.3 is 0 Å². The van der Waals surface area contributed by atoms with Crippen LogP contribution in [0.25, 0.3) is 0 Å². The summed E-state index contributed by atoms with van der Waals surface area (Å²) in [5, 5.41) is 52.9. The third kappa shape index (κ3) is 3.02. The molecule has 0 aromatic heterocycles. The predicted molar refractivity (Wildman–Crippen MR) is 38.2 cm³/mol. The molecule has 0 unspecified atom stereocenters. The fourth-order valence-corrected chi connectivity index (χ4v) is 0.599. The minimum atomic E-state index is -3.10. The fraction of sp³-hybridized carbons (Fsp3) is 1.00. The first-order chi connectivity index (χ1) is 6.21. The van der Waals surface area contributed by atoms with Crippen LogP contribution in [0.3, 0.4) is 0 Å². The number of aliphatic hydroxyl groups excluding tert-OH is 5. The summed E-state index contributed by atoms with van der Waals surface area (Å²) in [5.41, 5.74) is 0. The van der Waals surface area contributed by atoms with Crippen molar-refractivity contribution in [1.82, 2.24) is 0 Å². The molecule has 4 atom stereocenters. The zero-order chi connectivity index (χ0) is 11.5. The van der Waals surface area contributed by atoms with Crippen LogP contribution in [0.1, 0.15) is 2.74 Å². The van der Waals surface area contributed by atoms with Gasteiger partial charge in [0.25, 0.3) is 0 Å². The zero-order valence-electron chi connectivity index (χ0n) is 8.20. The standard InChI is InChI=1S/C6H14O6/c7-1-3(9)5(11)6(12)4(10)2-8/h3-12H,1-2H2/t3-,4+,5+,6-/i1D2/m0/s1. The molecule has 0 spiro atoms. The Morgan fingerprint density at radius 3 is 1.67 bits per heavy atom. The van der Waals surface area contributed by atoms with Crippen molar-refractivity contribution in [1.29, 1.82) is 0 Å². The lowest BCUT2D eigenvalue weighted by Crippen LogP contribution is -2.46. The molecule has 6 N–H and O–H groups in total. The minimum absolute atomic E-state index is 0.862. The van der Waals surface area contributed by atoms with Crippen LogP contribution in [0.5, 0.6) is 0 Å². The van der Waals surface area contributed by atoms with Gasteiger partial charge < -0.3 is 30.6 Å². The van der Waals surface area contributed by atoms with Gasteiger partial charge in [0.1, 0.15) is 24.4 Å². The van der Waals surface area contributed by atoms with Crippen molar-refractivity contribution < 1.29 is 33.4 Å². The van der Waals surface area contributed by atoms with E-state index >= 15 is 0 Å². The Kier molecular flexibility index (Phi) is 3.77. The molecule has 0 heterocycles. The van der Waals surface area contributed by atoms with Gasteiger partial charge in [-0.25, -0.2) is 0 Å². The third-order valence-corrected chi connectivity index (χ3v) is 1.39. The number of hydrogen-bond donors (Lipinski definition) is 6. The molecule has 0 aliphatic heterocycles. The van der Waals surface area contributed by atoms with Crippen LogP contribution in [-0.4, -0.2) is 68.2 Å². The van der Waals surface area contributed by atoms with Crippen molar-refractivity contribution in [2.24, 2.45) is 0 Å². The maximum absolute atomic E-state index is 9.05. The molecule has 74 valence electrons. The first-order valence-corrected chi connectivity index (χ1v) is 3.27. The lowest BCUT2D eigenvalue weighted by Gasteiger charge is -2.24. The molecule has 0 rings (SSSR count). The summed E-state index contributed by atoms with van der Waals surface area (Å²) in [4.78, 5) is 0. The minimum Gasteiger partial charge on any atom is -0.394 e. The van der Waals surface area contributed by atoms with Gasteiger partial charge in [-0.2, -0.15) is 0 Å². The van der Waals surface area contributed by atoms with Crippen molar-refractivity contribution in [3.63, 3.8) is 0 Å². The maximum atomic E-state index is 9.05. The number of aliphatic hydroxyl groups is 6. The Hall–Kier alpha value is -0.240. The lowest BCUT2D eigenvalue weighted by molar-refractivity contribution is -0.123. The van der Waals surface area contributed by atoms with E-state index in [0.29, 0.717) is 0 Å². The highest BCUT2D eigenvalue weighted by molar-refractivity contribution is 4.79. The Bertz CT molecular complexity index is 172. The van der Waals surface area contributed by atoms with Gasteiger partial charge in [0.15, 0.2) is 0 Å². The van der Waals surface area contributed by atoms with Gasteiger partial charge in [-0.3, -0.25) is 0 Å². The molecule has 0 saturated carbocycles. The molecule has 0 saturated heterocycles. The van der Waals surface area contributed by atoms with Crippen molar-refractivity contribution in [2.75, 3.05) is 13.2 Å². The highest BCUT2D eigenvalue weighted by Gasteiger charge is 2.29. The van der Waals surface area contributed by atoms with E-state index < -0.39 is 37.6 Å². The van der Waals surface area contributed by atoms with Crippen molar-refractivity contribution in [2.45, 2.75) is 24.4 Å². The molecule has 0 aromatic rings. The molecule has 12 heavy (non-hydrogen) atoms. The quantitative estimate of drug-likeness (QED) is 0.263. The van der Waals surface area contributed by atoms with Crippen LogP contribution in [0.2, 0.25) is 0 Å². The summed E-state index contributed by atoms with van der Waals surface area (Å²) in [7, 11) is 0. The summed E-state index contributed by atoms with van der Waals surface area (Å²) in [6.45, 7) is -3.96. The van der Waals surface area contributed by atoms with E-state index in [4.69, 9.17) is 33.4 Å². The van der Waals surface area contributed by atoms with E-state index in [2.05, 4.69) is 0 Å². The summed E-state index contributed by atoms with van der Waals surface area (Å²) < 4.78 is 13.2. The topological polar surface area (TPSA) is 121 Å². The second-order valence-corrected chi connectivity index (χ2v) is 2.31. The van der Waals surface area contributed by atoms with E-state index in [-0.39, 0.29) is 0 Å². The van der Waals surface area contributed by atoms with Gasteiger partial charge in [-0.15, -0.1) is 0 Å². The first-order valence-electron chi connectivity index (χ1n) is 4.27. The van der Waals surface area contributed by atoms with Crippen LogP contribution in [0.4, 0.5) is 0 Å². The molecule has 0 amide bonds. The van der Waals surface area contributed by atoms with Crippen LogP contribution >= 0.6 is 0 Å². The average Bonchev–Trinajstić information content (AvgIpc) is 2.11. The predicted octanol–water partition coefficient (Wildman–Crippen LogP) is -3.59. The zero-order valence-corrected chi connectivity index (χ0v) is 6.20. The van der Waals surface area contributed by atoms with Crippen LogP contribution in [0, 0.1) is 0 Å². The van der Waals surface area contributed by atoms with Crippen LogP contribution < -0.4 is 0 Å². The van der Waals surface area contributed by atoms with Crippen molar-refractivity contribution >= 4 is 0 Å². The van der Waals surface area contributed by atoms with Crippen LogP contribution in [0.15, 0.2) is 0 Å². The fourth-order valence-electron chi connectivity index (χ4n) is 0.599. The van der Waals surface area contributed by atoms with E-state index in [1.807, 2.05) is 0 Å². The van der Waals surface area contributed by atoms with E-state index in [1.54, 1.807) is 0 Å². The molecule has 0 aliphatic carbocycles. The van der Waals surface area contributed by atoms with E-state index in [0.717, 1.165) is 0 Å². The number of hydrogen-bond acceptors (Lipinski definition) is 6. The van der Waals surface area contributed by atoms with Crippen molar-refractivity contribution in [3.8, 4) is 0 Å². The smallest absolute Gasteiger partial charge is 0.111 e. The lowest BCUT2D eigenvalue weighted by atomic mass is 10.0. The molecule has 0 bridgehead atoms. The van der Waals surface area contributed by atoms with Gasteiger partial charge in [0.05, 0.1) is 15.9 Å². The summed E-state index contributed by atoms with van der Waals surface area (Å²) in [5.74, 6) is 0. The monoisotopic (exact) mass is 184 g/mol. The summed E-state index contributed by atoms with van der Waals surface area (Å²) in [6, 6.07) is 0. The summed E-state index contributed by atoms with van der Waals surface area (Å²) in [6.07, 6.45) is -8.05. The van der Waals surface area contributed by atoms with Crippen LogP contribution in [-0.2, 0) is 0 Å². The Labute approximate surface area is 72.1 Å².